The Hall–Kier alpha value is -0.840. The molecule has 1 heterocycles. The molecule has 1 aliphatic heterocycles. The Labute approximate surface area is 119 Å². The second kappa shape index (κ2) is 7.08. The summed E-state index contributed by atoms with van der Waals surface area (Å²) in [5, 5.41) is 0. The molecule has 1 aliphatic rings. The summed E-state index contributed by atoms with van der Waals surface area (Å²) in [4.78, 5) is 15.9. The van der Waals surface area contributed by atoms with Gasteiger partial charge in [0.15, 0.2) is 5.78 Å². The van der Waals surface area contributed by atoms with Gasteiger partial charge in [-0.05, 0) is 18.4 Å². The third-order valence-corrected chi connectivity index (χ3v) is 4.20. The Bertz CT molecular complexity index is 413. The Kier molecular flexibility index (Phi) is 5.43. The van der Waals surface area contributed by atoms with Gasteiger partial charge in [0.25, 0.3) is 0 Å². The highest BCUT2D eigenvalue weighted by atomic mass is 32.2. The molecule has 1 fully saturated rings. The first-order valence-corrected chi connectivity index (χ1v) is 7.91. The molecule has 1 unspecified atom stereocenters. The maximum atomic E-state index is 12.4. The molecule has 1 saturated heterocycles. The van der Waals surface area contributed by atoms with Crippen LogP contribution in [-0.4, -0.2) is 49.8 Å². The number of carbonyl (C=O) groups is 1. The minimum absolute atomic E-state index is 0.0400. The van der Waals surface area contributed by atoms with Gasteiger partial charge in [0.05, 0.1) is 13.2 Å². The number of ketones is 1. The van der Waals surface area contributed by atoms with Crippen LogP contribution in [-0.2, 0) is 4.74 Å². The molecular formula is C15H21NO2S. The first kappa shape index (κ1) is 14.6. The smallest absolute Gasteiger partial charge is 0.166 e. The van der Waals surface area contributed by atoms with Crippen molar-refractivity contribution in [1.29, 1.82) is 0 Å². The third-order valence-electron chi connectivity index (χ3n) is 3.46. The van der Waals surface area contributed by atoms with Crippen LogP contribution < -0.4 is 0 Å². The fraction of sp³-hybridized carbons (Fsp3) is 0.533. The number of ether oxygens (including phenoxy) is 1. The molecule has 3 nitrogen and oxygen atoms in total. The average molecular weight is 279 g/mol. The Balaban J connectivity index is 1.93. The molecule has 0 aliphatic carbocycles. The van der Waals surface area contributed by atoms with E-state index in [-0.39, 0.29) is 11.7 Å². The summed E-state index contributed by atoms with van der Waals surface area (Å²) < 4.78 is 5.32. The number of thioether (sulfide) groups is 1. The van der Waals surface area contributed by atoms with E-state index in [1.54, 1.807) is 11.8 Å². The van der Waals surface area contributed by atoms with Crippen molar-refractivity contribution in [2.75, 3.05) is 39.1 Å². The number of hydrogen-bond donors (Lipinski definition) is 0. The van der Waals surface area contributed by atoms with Gasteiger partial charge in [-0.3, -0.25) is 9.69 Å². The van der Waals surface area contributed by atoms with Crippen molar-refractivity contribution in [2.24, 2.45) is 5.92 Å². The molecule has 0 saturated carbocycles. The van der Waals surface area contributed by atoms with E-state index >= 15 is 0 Å². The SMILES string of the molecule is CSc1ccc(C(=O)C(C)CN2CCOCC2)cc1. The van der Waals surface area contributed by atoms with E-state index in [2.05, 4.69) is 4.90 Å². The third kappa shape index (κ3) is 4.06. The quantitative estimate of drug-likeness (QED) is 0.612. The second-order valence-corrected chi connectivity index (χ2v) is 5.79. The lowest BCUT2D eigenvalue weighted by Gasteiger charge is -2.28. The molecular weight excluding hydrogens is 258 g/mol. The molecule has 4 heteroatoms. The number of hydrogen-bond acceptors (Lipinski definition) is 4. The number of rotatable bonds is 5. The minimum atomic E-state index is 0.0400. The lowest BCUT2D eigenvalue weighted by molar-refractivity contribution is 0.0313. The van der Waals surface area contributed by atoms with Crippen molar-refractivity contribution in [3.05, 3.63) is 29.8 Å². The van der Waals surface area contributed by atoms with Crippen molar-refractivity contribution in [2.45, 2.75) is 11.8 Å². The van der Waals surface area contributed by atoms with Gasteiger partial charge in [0.2, 0.25) is 0 Å². The summed E-state index contributed by atoms with van der Waals surface area (Å²) >= 11 is 1.69. The van der Waals surface area contributed by atoms with Gasteiger partial charge in [0, 0.05) is 36.0 Å². The summed E-state index contributed by atoms with van der Waals surface area (Å²) in [5.41, 5.74) is 0.818. The summed E-state index contributed by atoms with van der Waals surface area (Å²) in [7, 11) is 0. The Morgan fingerprint density at radius 3 is 2.53 bits per heavy atom. The Morgan fingerprint density at radius 2 is 1.95 bits per heavy atom. The maximum Gasteiger partial charge on any atom is 0.166 e. The van der Waals surface area contributed by atoms with E-state index in [1.165, 1.54) is 4.90 Å². The van der Waals surface area contributed by atoms with E-state index in [1.807, 2.05) is 37.4 Å². The highest BCUT2D eigenvalue weighted by molar-refractivity contribution is 7.98. The zero-order valence-electron chi connectivity index (χ0n) is 11.6. The molecule has 0 bridgehead atoms. The fourth-order valence-corrected chi connectivity index (χ4v) is 2.70. The van der Waals surface area contributed by atoms with Crippen LogP contribution in [0.2, 0.25) is 0 Å². The van der Waals surface area contributed by atoms with Gasteiger partial charge in [0.1, 0.15) is 0 Å². The fourth-order valence-electron chi connectivity index (χ4n) is 2.29. The van der Waals surface area contributed by atoms with Crippen LogP contribution in [0.15, 0.2) is 29.2 Å². The maximum absolute atomic E-state index is 12.4. The molecule has 2 rings (SSSR count). The van der Waals surface area contributed by atoms with E-state index in [0.29, 0.717) is 0 Å². The van der Waals surface area contributed by atoms with Crippen LogP contribution in [0.25, 0.3) is 0 Å². The van der Waals surface area contributed by atoms with Gasteiger partial charge in [-0.1, -0.05) is 19.1 Å². The summed E-state index contributed by atoms with van der Waals surface area (Å²) in [5.74, 6) is 0.275. The molecule has 104 valence electrons. The molecule has 19 heavy (non-hydrogen) atoms. The van der Waals surface area contributed by atoms with Crippen LogP contribution in [0.3, 0.4) is 0 Å². The molecule has 0 spiro atoms. The normalized spacial score (nSPS) is 18.2. The molecule has 0 N–H and O–H groups in total. The first-order chi connectivity index (χ1) is 9.20. The molecule has 1 aromatic rings. The number of carbonyl (C=O) groups excluding carboxylic acids is 1. The summed E-state index contributed by atoms with van der Waals surface area (Å²) in [6.07, 6.45) is 2.04. The van der Waals surface area contributed by atoms with E-state index < -0.39 is 0 Å². The van der Waals surface area contributed by atoms with Gasteiger partial charge in [-0.25, -0.2) is 0 Å². The Morgan fingerprint density at radius 1 is 1.32 bits per heavy atom. The van der Waals surface area contributed by atoms with Crippen LogP contribution in [0, 0.1) is 5.92 Å². The molecule has 0 radical (unpaired) electrons. The van der Waals surface area contributed by atoms with E-state index in [0.717, 1.165) is 38.4 Å². The van der Waals surface area contributed by atoms with Crippen molar-refractivity contribution in [1.82, 2.24) is 4.90 Å². The molecule has 0 amide bonds. The zero-order chi connectivity index (χ0) is 13.7. The number of Topliss-reactive ketones (excluding diaryl/α,β-unsaturated/α-hetero) is 1. The van der Waals surface area contributed by atoms with Crippen LogP contribution in [0.4, 0.5) is 0 Å². The van der Waals surface area contributed by atoms with Crippen molar-refractivity contribution in [3.63, 3.8) is 0 Å². The lowest BCUT2D eigenvalue weighted by atomic mass is 9.99. The predicted octanol–water partition coefficient (Wildman–Crippen LogP) is 2.56. The van der Waals surface area contributed by atoms with Gasteiger partial charge < -0.3 is 4.74 Å². The zero-order valence-corrected chi connectivity index (χ0v) is 12.4. The summed E-state index contributed by atoms with van der Waals surface area (Å²) in [6.45, 7) is 6.27. The molecule has 1 atom stereocenters. The predicted molar refractivity (Wildman–Crippen MR) is 79.0 cm³/mol. The van der Waals surface area contributed by atoms with Gasteiger partial charge in [-0.2, -0.15) is 0 Å². The number of benzene rings is 1. The van der Waals surface area contributed by atoms with Gasteiger partial charge >= 0.3 is 0 Å². The van der Waals surface area contributed by atoms with Crippen LogP contribution >= 0.6 is 11.8 Å². The monoisotopic (exact) mass is 279 g/mol. The molecule has 1 aromatic carbocycles. The highest BCUT2D eigenvalue weighted by Crippen LogP contribution is 2.17. The standard InChI is InChI=1S/C15H21NO2S/c1-12(11-16-7-9-18-10-8-16)15(17)13-3-5-14(19-2)6-4-13/h3-6,12H,7-11H2,1-2H3. The van der Waals surface area contributed by atoms with Crippen molar-refractivity contribution in [3.8, 4) is 0 Å². The topological polar surface area (TPSA) is 29.5 Å². The first-order valence-electron chi connectivity index (χ1n) is 6.69. The van der Waals surface area contributed by atoms with E-state index in [4.69, 9.17) is 4.74 Å². The second-order valence-electron chi connectivity index (χ2n) is 4.91. The summed E-state index contributed by atoms with van der Waals surface area (Å²) in [6, 6.07) is 7.90. The lowest BCUT2D eigenvalue weighted by Crippen LogP contribution is -2.40. The van der Waals surface area contributed by atoms with Crippen molar-refractivity contribution < 1.29 is 9.53 Å². The van der Waals surface area contributed by atoms with Crippen LogP contribution in [0.5, 0.6) is 0 Å². The highest BCUT2D eigenvalue weighted by Gasteiger charge is 2.20. The average Bonchev–Trinajstić information content (AvgIpc) is 2.47. The number of morpholine rings is 1. The molecule has 0 aromatic heterocycles. The van der Waals surface area contributed by atoms with Crippen LogP contribution in [0.1, 0.15) is 17.3 Å². The van der Waals surface area contributed by atoms with Gasteiger partial charge in [-0.15, -0.1) is 11.8 Å². The number of nitrogens with zero attached hydrogens (tertiary/aromatic N) is 1. The van der Waals surface area contributed by atoms with Crippen molar-refractivity contribution >= 4 is 17.5 Å². The van der Waals surface area contributed by atoms with E-state index in [9.17, 15) is 4.79 Å². The largest absolute Gasteiger partial charge is 0.379 e. The minimum Gasteiger partial charge on any atom is -0.379 e.